The smallest absolute Gasteiger partial charge is 0.247 e. The summed E-state index contributed by atoms with van der Waals surface area (Å²) in [5.74, 6) is 1.09. The molecule has 0 fully saturated rings. The van der Waals surface area contributed by atoms with Crippen LogP contribution < -0.4 is 0 Å². The van der Waals surface area contributed by atoms with Crippen LogP contribution in [-0.2, 0) is 6.54 Å². The number of hydrogen-bond donors (Lipinski definition) is 1. The van der Waals surface area contributed by atoms with E-state index in [2.05, 4.69) is 27.2 Å². The first-order chi connectivity index (χ1) is 11.8. The van der Waals surface area contributed by atoms with Gasteiger partial charge in [0.2, 0.25) is 11.8 Å². The SMILES string of the molecule is CN(Cc1nnc(-c2ccccc2)o1)C(CCO)c1ccccc1. The highest BCUT2D eigenvalue weighted by Gasteiger charge is 2.19. The summed E-state index contributed by atoms with van der Waals surface area (Å²) in [5, 5.41) is 17.7. The highest BCUT2D eigenvalue weighted by atomic mass is 16.4. The summed E-state index contributed by atoms with van der Waals surface area (Å²) < 4.78 is 5.78. The van der Waals surface area contributed by atoms with Gasteiger partial charge in [0.25, 0.3) is 0 Å². The van der Waals surface area contributed by atoms with E-state index < -0.39 is 0 Å². The van der Waals surface area contributed by atoms with E-state index >= 15 is 0 Å². The van der Waals surface area contributed by atoms with Gasteiger partial charge in [-0.15, -0.1) is 10.2 Å². The fraction of sp³-hybridized carbons (Fsp3) is 0.263. The average Bonchev–Trinajstić information content (AvgIpc) is 3.09. The molecule has 1 unspecified atom stereocenters. The maximum Gasteiger partial charge on any atom is 0.247 e. The Labute approximate surface area is 141 Å². The van der Waals surface area contributed by atoms with Crippen LogP contribution in [0.15, 0.2) is 65.1 Å². The minimum Gasteiger partial charge on any atom is -0.419 e. The van der Waals surface area contributed by atoms with E-state index in [0.29, 0.717) is 24.7 Å². The van der Waals surface area contributed by atoms with Crippen LogP contribution in [-0.4, -0.2) is 33.9 Å². The van der Waals surface area contributed by atoms with Crippen molar-refractivity contribution in [2.24, 2.45) is 0 Å². The number of nitrogens with zero attached hydrogens (tertiary/aromatic N) is 3. The molecule has 5 heteroatoms. The Kier molecular flexibility index (Phi) is 5.36. The van der Waals surface area contributed by atoms with Crippen molar-refractivity contribution in [1.82, 2.24) is 15.1 Å². The van der Waals surface area contributed by atoms with Crippen molar-refractivity contribution in [2.45, 2.75) is 19.0 Å². The molecule has 5 nitrogen and oxygen atoms in total. The Morgan fingerprint density at radius 2 is 1.67 bits per heavy atom. The average molecular weight is 323 g/mol. The third kappa shape index (κ3) is 3.88. The van der Waals surface area contributed by atoms with Gasteiger partial charge in [-0.25, -0.2) is 0 Å². The maximum absolute atomic E-state index is 9.39. The molecular weight excluding hydrogens is 302 g/mol. The molecule has 0 aliphatic heterocycles. The Morgan fingerprint density at radius 1 is 1.00 bits per heavy atom. The maximum atomic E-state index is 9.39. The van der Waals surface area contributed by atoms with Gasteiger partial charge in [0.05, 0.1) is 6.54 Å². The molecule has 0 bridgehead atoms. The predicted octanol–water partition coefficient (Wildman–Crippen LogP) is 3.29. The summed E-state index contributed by atoms with van der Waals surface area (Å²) >= 11 is 0. The number of benzene rings is 2. The van der Waals surface area contributed by atoms with Crippen molar-refractivity contribution in [1.29, 1.82) is 0 Å². The van der Waals surface area contributed by atoms with E-state index in [1.165, 1.54) is 0 Å². The number of aliphatic hydroxyl groups excluding tert-OH is 1. The monoisotopic (exact) mass is 323 g/mol. The second-order valence-electron chi connectivity index (χ2n) is 5.72. The second kappa shape index (κ2) is 7.86. The highest BCUT2D eigenvalue weighted by Crippen LogP contribution is 2.25. The summed E-state index contributed by atoms with van der Waals surface area (Å²) in [7, 11) is 2.00. The van der Waals surface area contributed by atoms with Gasteiger partial charge in [-0.3, -0.25) is 4.90 Å². The second-order valence-corrected chi connectivity index (χ2v) is 5.72. The van der Waals surface area contributed by atoms with Gasteiger partial charge in [-0.1, -0.05) is 48.5 Å². The number of aliphatic hydroxyl groups is 1. The van der Waals surface area contributed by atoms with Crippen LogP contribution in [0.25, 0.3) is 11.5 Å². The molecular formula is C19H21N3O2. The van der Waals surface area contributed by atoms with Gasteiger partial charge in [-0.05, 0) is 31.2 Å². The molecule has 2 aromatic carbocycles. The first kappa shape index (κ1) is 16.4. The lowest BCUT2D eigenvalue weighted by Crippen LogP contribution is -2.25. The molecule has 1 aromatic heterocycles. The molecule has 3 rings (SSSR count). The van der Waals surface area contributed by atoms with Crippen LogP contribution in [0.2, 0.25) is 0 Å². The normalized spacial score (nSPS) is 12.5. The standard InChI is InChI=1S/C19H21N3O2/c1-22(17(12-13-23)15-8-4-2-5-9-15)14-18-20-21-19(24-18)16-10-6-3-7-11-16/h2-11,17,23H,12-14H2,1H3. The van der Waals surface area contributed by atoms with Crippen LogP contribution in [0.5, 0.6) is 0 Å². The van der Waals surface area contributed by atoms with Gasteiger partial charge in [0.1, 0.15) is 0 Å². The van der Waals surface area contributed by atoms with Gasteiger partial charge >= 0.3 is 0 Å². The zero-order chi connectivity index (χ0) is 16.8. The number of hydrogen-bond acceptors (Lipinski definition) is 5. The molecule has 3 aromatic rings. The van der Waals surface area contributed by atoms with Gasteiger partial charge in [0.15, 0.2) is 0 Å². The quantitative estimate of drug-likeness (QED) is 0.723. The van der Waals surface area contributed by atoms with Crippen LogP contribution in [0.1, 0.15) is 23.9 Å². The predicted molar refractivity (Wildman–Crippen MR) is 92.1 cm³/mol. The zero-order valence-corrected chi connectivity index (χ0v) is 13.7. The third-order valence-electron chi connectivity index (χ3n) is 3.99. The summed E-state index contributed by atoms with van der Waals surface area (Å²) in [6.07, 6.45) is 0.653. The van der Waals surface area contributed by atoms with Crippen molar-refractivity contribution in [3.05, 3.63) is 72.1 Å². The van der Waals surface area contributed by atoms with Gasteiger partial charge in [-0.2, -0.15) is 0 Å². The Bertz CT molecular complexity index is 744. The molecule has 1 N–H and O–H groups in total. The van der Waals surface area contributed by atoms with E-state index in [4.69, 9.17) is 4.42 Å². The van der Waals surface area contributed by atoms with E-state index in [-0.39, 0.29) is 12.6 Å². The lowest BCUT2D eigenvalue weighted by atomic mass is 10.0. The first-order valence-electron chi connectivity index (χ1n) is 8.02. The molecule has 0 saturated carbocycles. The van der Waals surface area contributed by atoms with E-state index in [0.717, 1.165) is 11.1 Å². The summed E-state index contributed by atoms with van der Waals surface area (Å²) in [4.78, 5) is 2.12. The molecule has 0 saturated heterocycles. The Hall–Kier alpha value is -2.50. The summed E-state index contributed by atoms with van der Waals surface area (Å²) in [6, 6.07) is 20.0. The minimum absolute atomic E-state index is 0.100. The van der Waals surface area contributed by atoms with E-state index in [9.17, 15) is 5.11 Å². The van der Waals surface area contributed by atoms with Crippen molar-refractivity contribution >= 4 is 0 Å². The van der Waals surface area contributed by atoms with Crippen molar-refractivity contribution in [3.63, 3.8) is 0 Å². The largest absolute Gasteiger partial charge is 0.419 e. The molecule has 0 radical (unpaired) electrons. The van der Waals surface area contributed by atoms with Gasteiger partial charge in [0, 0.05) is 18.2 Å². The van der Waals surface area contributed by atoms with E-state index in [1.54, 1.807) is 0 Å². The van der Waals surface area contributed by atoms with Gasteiger partial charge < -0.3 is 9.52 Å². The molecule has 24 heavy (non-hydrogen) atoms. The molecule has 1 atom stereocenters. The molecule has 1 heterocycles. The van der Waals surface area contributed by atoms with Crippen LogP contribution >= 0.6 is 0 Å². The van der Waals surface area contributed by atoms with Crippen molar-refractivity contribution < 1.29 is 9.52 Å². The fourth-order valence-electron chi connectivity index (χ4n) is 2.78. The lowest BCUT2D eigenvalue weighted by molar-refractivity contribution is 0.169. The van der Waals surface area contributed by atoms with Crippen molar-refractivity contribution in [3.8, 4) is 11.5 Å². The van der Waals surface area contributed by atoms with E-state index in [1.807, 2.05) is 55.6 Å². The molecule has 0 aliphatic rings. The molecule has 0 aliphatic carbocycles. The zero-order valence-electron chi connectivity index (χ0n) is 13.7. The van der Waals surface area contributed by atoms with Crippen LogP contribution in [0.3, 0.4) is 0 Å². The minimum atomic E-state index is 0.100. The summed E-state index contributed by atoms with van der Waals surface area (Å²) in [5.41, 5.74) is 2.07. The Morgan fingerprint density at radius 3 is 2.33 bits per heavy atom. The van der Waals surface area contributed by atoms with Crippen molar-refractivity contribution in [2.75, 3.05) is 13.7 Å². The Balaban J connectivity index is 1.73. The van der Waals surface area contributed by atoms with Crippen LogP contribution in [0, 0.1) is 0 Å². The highest BCUT2D eigenvalue weighted by molar-refractivity contribution is 5.51. The fourth-order valence-corrected chi connectivity index (χ4v) is 2.78. The molecule has 0 spiro atoms. The number of rotatable bonds is 7. The first-order valence-corrected chi connectivity index (χ1v) is 8.02. The number of aromatic nitrogens is 2. The summed E-state index contributed by atoms with van der Waals surface area (Å²) in [6.45, 7) is 0.655. The molecule has 0 amide bonds. The molecule has 124 valence electrons. The third-order valence-corrected chi connectivity index (χ3v) is 3.99. The topological polar surface area (TPSA) is 62.4 Å². The lowest BCUT2D eigenvalue weighted by Gasteiger charge is -2.26. The van der Waals surface area contributed by atoms with Crippen LogP contribution in [0.4, 0.5) is 0 Å².